The molecule has 0 aromatic carbocycles. The van der Waals surface area contributed by atoms with Gasteiger partial charge in [0.15, 0.2) is 0 Å². The van der Waals surface area contributed by atoms with Crippen molar-refractivity contribution >= 4 is 0 Å². The van der Waals surface area contributed by atoms with E-state index in [9.17, 15) is 0 Å². The molecule has 0 atom stereocenters. The van der Waals surface area contributed by atoms with Gasteiger partial charge in [-0.2, -0.15) is 0 Å². The second-order valence-corrected chi connectivity index (χ2v) is 6.25. The maximum Gasteiger partial charge on any atom is 0.109 e. The van der Waals surface area contributed by atoms with Crippen molar-refractivity contribution in [2.45, 2.75) is 52.7 Å². The smallest absolute Gasteiger partial charge is 0.109 e. The van der Waals surface area contributed by atoms with E-state index >= 15 is 0 Å². The van der Waals surface area contributed by atoms with E-state index in [-0.39, 0.29) is 0 Å². The zero-order chi connectivity index (χ0) is 14.7. The van der Waals surface area contributed by atoms with Crippen LogP contribution in [0.1, 0.15) is 37.5 Å². The molecule has 3 rings (SSSR count). The summed E-state index contributed by atoms with van der Waals surface area (Å²) in [6.45, 7) is 8.61. The van der Waals surface area contributed by atoms with Crippen LogP contribution in [0.5, 0.6) is 0 Å². The van der Waals surface area contributed by atoms with Gasteiger partial charge in [-0.15, -0.1) is 0 Å². The van der Waals surface area contributed by atoms with Gasteiger partial charge in [-0.25, -0.2) is 9.97 Å². The van der Waals surface area contributed by atoms with Crippen LogP contribution in [0.15, 0.2) is 18.7 Å². The summed E-state index contributed by atoms with van der Waals surface area (Å²) in [6.07, 6.45) is 9.06. The van der Waals surface area contributed by atoms with E-state index in [0.717, 1.165) is 45.4 Å². The molecule has 0 saturated heterocycles. The summed E-state index contributed by atoms with van der Waals surface area (Å²) in [5.74, 6) is 1.92. The molecular weight excluding hydrogens is 262 g/mol. The van der Waals surface area contributed by atoms with Crippen LogP contribution in [0.4, 0.5) is 0 Å². The summed E-state index contributed by atoms with van der Waals surface area (Å²) in [6, 6.07) is 0. The number of nitrogens with one attached hydrogen (secondary N) is 1. The Morgan fingerprint density at radius 3 is 3.00 bits per heavy atom. The second kappa shape index (κ2) is 6.43. The highest BCUT2D eigenvalue weighted by Gasteiger charge is 2.19. The Morgan fingerprint density at radius 2 is 2.24 bits per heavy atom. The molecule has 0 bridgehead atoms. The Morgan fingerprint density at radius 1 is 1.33 bits per heavy atom. The molecule has 1 aliphatic heterocycles. The first-order valence-corrected chi connectivity index (χ1v) is 7.97. The minimum absolute atomic E-state index is 0.647. The van der Waals surface area contributed by atoms with Gasteiger partial charge in [0.1, 0.15) is 5.82 Å². The molecule has 5 nitrogen and oxygen atoms in total. The van der Waals surface area contributed by atoms with Crippen LogP contribution >= 0.6 is 0 Å². The molecule has 0 saturated carbocycles. The molecule has 21 heavy (non-hydrogen) atoms. The quantitative estimate of drug-likeness (QED) is 0.884. The molecule has 0 aliphatic carbocycles. The lowest BCUT2D eigenvalue weighted by atomic mass is 10.1. The zero-order valence-electron chi connectivity index (χ0n) is 13.0. The van der Waals surface area contributed by atoms with E-state index in [0.29, 0.717) is 5.92 Å². The Bertz CT molecular complexity index is 568. The lowest BCUT2D eigenvalue weighted by molar-refractivity contribution is 0.507. The molecule has 0 radical (unpaired) electrons. The van der Waals surface area contributed by atoms with E-state index in [2.05, 4.69) is 33.3 Å². The fourth-order valence-electron chi connectivity index (χ4n) is 3.04. The molecule has 5 heteroatoms. The average Bonchev–Trinajstić information content (AvgIpc) is 3.07. The van der Waals surface area contributed by atoms with Crippen LogP contribution in [0.3, 0.4) is 0 Å². The molecule has 0 unspecified atom stereocenters. The molecule has 2 aromatic rings. The third kappa shape index (κ3) is 3.35. The van der Waals surface area contributed by atoms with Gasteiger partial charge in [-0.1, -0.05) is 13.8 Å². The van der Waals surface area contributed by atoms with Crippen molar-refractivity contribution in [2.75, 3.05) is 6.54 Å². The van der Waals surface area contributed by atoms with Gasteiger partial charge in [-0.3, -0.25) is 0 Å². The van der Waals surface area contributed by atoms with Gasteiger partial charge in [-0.05, 0) is 12.3 Å². The predicted octanol–water partition coefficient (Wildman–Crippen LogP) is 2.01. The SMILES string of the molecule is CC(C)Cc1nc2c(n1CCCn1ccnc1)CCNC2. The number of hydrogen-bond donors (Lipinski definition) is 1. The van der Waals surface area contributed by atoms with Crippen molar-refractivity contribution in [3.8, 4) is 0 Å². The van der Waals surface area contributed by atoms with Gasteiger partial charge in [0, 0.05) is 57.1 Å². The van der Waals surface area contributed by atoms with Crippen molar-refractivity contribution in [3.63, 3.8) is 0 Å². The number of aryl methyl sites for hydroxylation is 1. The van der Waals surface area contributed by atoms with E-state index in [1.807, 2.05) is 18.7 Å². The molecule has 0 fully saturated rings. The molecule has 0 spiro atoms. The maximum absolute atomic E-state index is 4.89. The first-order valence-electron chi connectivity index (χ1n) is 7.97. The second-order valence-electron chi connectivity index (χ2n) is 6.25. The van der Waals surface area contributed by atoms with Crippen molar-refractivity contribution in [1.82, 2.24) is 24.4 Å². The molecule has 0 amide bonds. The van der Waals surface area contributed by atoms with Crippen LogP contribution in [-0.2, 0) is 32.5 Å². The molecule has 2 aromatic heterocycles. The monoisotopic (exact) mass is 287 g/mol. The fourth-order valence-corrected chi connectivity index (χ4v) is 3.04. The number of nitrogens with zero attached hydrogens (tertiary/aromatic N) is 4. The maximum atomic E-state index is 4.89. The highest BCUT2D eigenvalue weighted by Crippen LogP contribution is 2.19. The normalized spacial score (nSPS) is 14.6. The van der Waals surface area contributed by atoms with Gasteiger partial charge in [0.05, 0.1) is 12.0 Å². The van der Waals surface area contributed by atoms with Gasteiger partial charge < -0.3 is 14.5 Å². The summed E-state index contributed by atoms with van der Waals surface area (Å²) in [7, 11) is 0. The van der Waals surface area contributed by atoms with E-state index in [4.69, 9.17) is 4.98 Å². The van der Waals surface area contributed by atoms with Crippen LogP contribution in [-0.4, -0.2) is 25.6 Å². The molecule has 114 valence electrons. The lowest BCUT2D eigenvalue weighted by Gasteiger charge is -2.17. The number of aromatic nitrogens is 4. The summed E-state index contributed by atoms with van der Waals surface area (Å²) < 4.78 is 4.63. The van der Waals surface area contributed by atoms with E-state index < -0.39 is 0 Å². The number of hydrogen-bond acceptors (Lipinski definition) is 3. The first-order chi connectivity index (χ1) is 10.2. The van der Waals surface area contributed by atoms with Crippen LogP contribution in [0.25, 0.3) is 0 Å². The average molecular weight is 287 g/mol. The highest BCUT2D eigenvalue weighted by molar-refractivity contribution is 5.20. The van der Waals surface area contributed by atoms with Gasteiger partial charge in [0.25, 0.3) is 0 Å². The van der Waals surface area contributed by atoms with Gasteiger partial charge in [0.2, 0.25) is 0 Å². The van der Waals surface area contributed by atoms with E-state index in [1.54, 1.807) is 0 Å². The van der Waals surface area contributed by atoms with Crippen molar-refractivity contribution in [1.29, 1.82) is 0 Å². The zero-order valence-corrected chi connectivity index (χ0v) is 13.0. The molecule has 3 heterocycles. The summed E-state index contributed by atoms with van der Waals surface area (Å²) in [4.78, 5) is 8.99. The number of rotatable bonds is 6. The summed E-state index contributed by atoms with van der Waals surface area (Å²) >= 11 is 0. The topological polar surface area (TPSA) is 47.7 Å². The summed E-state index contributed by atoms with van der Waals surface area (Å²) in [5, 5.41) is 3.43. The van der Waals surface area contributed by atoms with Crippen molar-refractivity contribution in [3.05, 3.63) is 35.9 Å². The number of fused-ring (bicyclic) bond motifs is 1. The molecular formula is C16H25N5. The Labute approximate surface area is 126 Å². The highest BCUT2D eigenvalue weighted by atomic mass is 15.1. The minimum Gasteiger partial charge on any atom is -0.337 e. The van der Waals surface area contributed by atoms with Crippen molar-refractivity contribution < 1.29 is 0 Å². The van der Waals surface area contributed by atoms with Crippen LogP contribution in [0, 0.1) is 5.92 Å². The lowest BCUT2D eigenvalue weighted by Crippen LogP contribution is -2.25. The van der Waals surface area contributed by atoms with Crippen LogP contribution < -0.4 is 5.32 Å². The Balaban J connectivity index is 1.73. The number of imidazole rings is 2. The molecule has 1 aliphatic rings. The third-order valence-electron chi connectivity index (χ3n) is 4.01. The van der Waals surface area contributed by atoms with E-state index in [1.165, 1.54) is 17.2 Å². The van der Waals surface area contributed by atoms with Gasteiger partial charge >= 0.3 is 0 Å². The first kappa shape index (κ1) is 14.3. The third-order valence-corrected chi connectivity index (χ3v) is 4.01. The molecule has 1 N–H and O–H groups in total. The van der Waals surface area contributed by atoms with Crippen LogP contribution in [0.2, 0.25) is 0 Å². The van der Waals surface area contributed by atoms with Crippen molar-refractivity contribution in [2.24, 2.45) is 5.92 Å². The minimum atomic E-state index is 0.647. The standard InChI is InChI=1S/C16H25N5/c1-13(2)10-16-19-14-11-17-5-4-15(14)21(16)8-3-7-20-9-6-18-12-20/h6,9,12-13,17H,3-5,7-8,10-11H2,1-2H3. The Kier molecular flexibility index (Phi) is 4.39. The largest absolute Gasteiger partial charge is 0.337 e. The Hall–Kier alpha value is -1.62. The predicted molar refractivity (Wildman–Crippen MR) is 83.0 cm³/mol. The fraction of sp³-hybridized carbons (Fsp3) is 0.625. The summed E-state index contributed by atoms with van der Waals surface area (Å²) in [5.41, 5.74) is 2.72.